The number of nitrogens with two attached hydrogens (primary N) is 1. The van der Waals surface area contributed by atoms with Crippen LogP contribution in [-0.4, -0.2) is 12.1 Å². The average Bonchev–Trinajstić information content (AvgIpc) is 2.68. The lowest BCUT2D eigenvalue weighted by Crippen LogP contribution is -2.13. The Morgan fingerprint density at radius 3 is 1.71 bits per heavy atom. The molecule has 0 fully saturated rings. The van der Waals surface area contributed by atoms with Crippen molar-refractivity contribution < 1.29 is 4.74 Å². The second kappa shape index (κ2) is 15.8. The zero-order chi connectivity index (χ0) is 20.6. The van der Waals surface area contributed by atoms with E-state index in [0.29, 0.717) is 4.99 Å². The summed E-state index contributed by atoms with van der Waals surface area (Å²) < 4.78 is 5.55. The van der Waals surface area contributed by atoms with Gasteiger partial charge in [0.15, 0.2) is 0 Å². The summed E-state index contributed by atoms with van der Waals surface area (Å²) in [7, 11) is 1.74. The molecule has 0 atom stereocenters. The van der Waals surface area contributed by atoms with Crippen molar-refractivity contribution in [2.45, 2.75) is 110 Å². The molecule has 3 heteroatoms. The van der Waals surface area contributed by atoms with Gasteiger partial charge >= 0.3 is 0 Å². The summed E-state index contributed by atoms with van der Waals surface area (Å²) in [6.45, 7) is 4.39. The maximum absolute atomic E-state index is 5.85. The van der Waals surface area contributed by atoms with E-state index in [1.165, 1.54) is 101 Å². The van der Waals surface area contributed by atoms with E-state index >= 15 is 0 Å². The van der Waals surface area contributed by atoms with Crippen molar-refractivity contribution in [2.75, 3.05) is 7.11 Å². The van der Waals surface area contributed by atoms with Gasteiger partial charge in [0.2, 0.25) is 0 Å². The molecule has 0 radical (unpaired) electrons. The summed E-state index contributed by atoms with van der Waals surface area (Å²) in [6.07, 6.45) is 20.5. The van der Waals surface area contributed by atoms with E-state index in [1.54, 1.807) is 7.11 Å². The molecule has 0 amide bonds. The molecule has 1 aromatic carbocycles. The number of hydrogen-bond donors (Lipinski definition) is 1. The highest BCUT2D eigenvalue weighted by atomic mass is 32.1. The van der Waals surface area contributed by atoms with E-state index in [1.807, 2.05) is 12.1 Å². The molecule has 0 unspecified atom stereocenters. The third-order valence-corrected chi connectivity index (χ3v) is 6.04. The van der Waals surface area contributed by atoms with Crippen LogP contribution in [0.25, 0.3) is 0 Å². The second-order valence-corrected chi connectivity index (χ2v) is 8.57. The van der Waals surface area contributed by atoms with Crippen molar-refractivity contribution in [3.05, 3.63) is 28.8 Å². The number of ether oxygens (including phenoxy) is 1. The molecule has 2 N–H and O–H groups in total. The molecule has 0 heterocycles. The Morgan fingerprint density at radius 1 is 0.821 bits per heavy atom. The van der Waals surface area contributed by atoms with Crippen LogP contribution in [0.15, 0.2) is 12.1 Å². The molecule has 1 aromatic rings. The molecule has 0 aliphatic heterocycles. The quantitative estimate of drug-likeness (QED) is 0.213. The number of unbranched alkanes of at least 4 members (excludes halogenated alkanes) is 13. The van der Waals surface area contributed by atoms with E-state index < -0.39 is 0 Å². The third-order valence-electron chi connectivity index (χ3n) is 5.82. The molecule has 2 nitrogen and oxygen atoms in total. The highest BCUT2D eigenvalue weighted by molar-refractivity contribution is 7.80. The van der Waals surface area contributed by atoms with Crippen molar-refractivity contribution in [1.29, 1.82) is 0 Å². The molecule has 0 bridgehead atoms. The molecule has 0 aliphatic rings. The lowest BCUT2D eigenvalue weighted by molar-refractivity contribution is 0.408. The van der Waals surface area contributed by atoms with Crippen LogP contribution in [0.2, 0.25) is 0 Å². The lowest BCUT2D eigenvalue weighted by Gasteiger charge is -2.15. The summed E-state index contributed by atoms with van der Waals surface area (Å²) in [4.78, 5) is 0.474. The van der Waals surface area contributed by atoms with Gasteiger partial charge in [0.1, 0.15) is 10.7 Å². The number of benzene rings is 1. The van der Waals surface area contributed by atoms with Gasteiger partial charge in [-0.25, -0.2) is 0 Å². The number of thiocarbonyl (C=S) groups is 1. The first-order valence-electron chi connectivity index (χ1n) is 11.6. The molecule has 0 spiro atoms. The van der Waals surface area contributed by atoms with Crippen LogP contribution in [0, 0.1) is 6.92 Å². The maximum atomic E-state index is 5.85. The van der Waals surface area contributed by atoms with E-state index in [0.717, 1.165) is 17.7 Å². The number of methoxy groups -OCH3 is 1. The molecule has 28 heavy (non-hydrogen) atoms. The van der Waals surface area contributed by atoms with E-state index in [2.05, 4.69) is 13.8 Å². The zero-order valence-electron chi connectivity index (χ0n) is 18.7. The SMILES string of the molecule is CCCCCCCCCCCCCCCCc1c(OC)ccc(C(N)=S)c1C. The summed E-state index contributed by atoms with van der Waals surface area (Å²) in [5.41, 5.74) is 9.28. The van der Waals surface area contributed by atoms with Gasteiger partial charge in [-0.2, -0.15) is 0 Å². The first-order chi connectivity index (χ1) is 13.6. The Kier molecular flexibility index (Phi) is 14.1. The molecule has 0 saturated heterocycles. The van der Waals surface area contributed by atoms with Crippen molar-refractivity contribution >= 4 is 17.2 Å². The largest absolute Gasteiger partial charge is 0.496 e. The molecule has 0 saturated carbocycles. The van der Waals surface area contributed by atoms with Crippen molar-refractivity contribution in [2.24, 2.45) is 5.73 Å². The van der Waals surface area contributed by atoms with E-state index in [4.69, 9.17) is 22.7 Å². The highest BCUT2D eigenvalue weighted by Crippen LogP contribution is 2.27. The Bertz CT molecular complexity index is 556. The molecule has 1 rings (SSSR count). The molecule has 0 aliphatic carbocycles. The van der Waals surface area contributed by atoms with Gasteiger partial charge in [-0.05, 0) is 43.0 Å². The summed E-state index contributed by atoms with van der Waals surface area (Å²) in [5.74, 6) is 0.965. The van der Waals surface area contributed by atoms with Gasteiger partial charge < -0.3 is 10.5 Å². The van der Waals surface area contributed by atoms with E-state index in [9.17, 15) is 0 Å². The average molecular weight is 406 g/mol. The van der Waals surface area contributed by atoms with Crippen molar-refractivity contribution in [3.63, 3.8) is 0 Å². The Hall–Kier alpha value is -1.09. The summed E-state index contributed by atoms with van der Waals surface area (Å²) in [6, 6.07) is 3.98. The van der Waals surface area contributed by atoms with Crippen LogP contribution >= 0.6 is 12.2 Å². The standard InChI is InChI=1S/C25H43NOS/c1-4-5-6-7-8-9-10-11-12-13-14-15-16-17-18-22-21(2)23(25(26)28)19-20-24(22)27-3/h19-20H,4-18H2,1-3H3,(H2,26,28). The lowest BCUT2D eigenvalue weighted by atomic mass is 9.96. The molecular weight excluding hydrogens is 362 g/mol. The predicted octanol–water partition coefficient (Wildman–Crippen LogP) is 7.66. The minimum absolute atomic E-state index is 0.474. The van der Waals surface area contributed by atoms with Crippen LogP contribution in [-0.2, 0) is 6.42 Å². The fourth-order valence-electron chi connectivity index (χ4n) is 4.00. The van der Waals surface area contributed by atoms with Gasteiger partial charge in [-0.3, -0.25) is 0 Å². The van der Waals surface area contributed by atoms with Crippen molar-refractivity contribution in [3.8, 4) is 5.75 Å². The van der Waals surface area contributed by atoms with Crippen LogP contribution in [0.4, 0.5) is 0 Å². The molecular formula is C25H43NOS. The van der Waals surface area contributed by atoms with Gasteiger partial charge in [0, 0.05) is 5.56 Å². The summed E-state index contributed by atoms with van der Waals surface area (Å²) >= 11 is 5.17. The monoisotopic (exact) mass is 405 g/mol. The predicted molar refractivity (Wildman–Crippen MR) is 128 cm³/mol. The Morgan fingerprint density at radius 2 is 1.29 bits per heavy atom. The van der Waals surface area contributed by atoms with E-state index in [-0.39, 0.29) is 0 Å². The fourth-order valence-corrected chi connectivity index (χ4v) is 4.22. The topological polar surface area (TPSA) is 35.2 Å². The highest BCUT2D eigenvalue weighted by Gasteiger charge is 2.11. The summed E-state index contributed by atoms with van der Waals surface area (Å²) in [5, 5.41) is 0. The van der Waals surface area contributed by atoms with Crippen LogP contribution in [0.3, 0.4) is 0 Å². The number of hydrogen-bond acceptors (Lipinski definition) is 2. The minimum Gasteiger partial charge on any atom is -0.496 e. The normalized spacial score (nSPS) is 11.0. The molecule has 0 aromatic heterocycles. The van der Waals surface area contributed by atoms with Crippen LogP contribution in [0.5, 0.6) is 5.75 Å². The number of rotatable bonds is 17. The second-order valence-electron chi connectivity index (χ2n) is 8.13. The first kappa shape index (κ1) is 24.9. The minimum atomic E-state index is 0.474. The maximum Gasteiger partial charge on any atom is 0.122 e. The van der Waals surface area contributed by atoms with Gasteiger partial charge in [0.25, 0.3) is 0 Å². The van der Waals surface area contributed by atoms with Crippen molar-refractivity contribution in [1.82, 2.24) is 0 Å². The van der Waals surface area contributed by atoms with Crippen LogP contribution < -0.4 is 10.5 Å². The van der Waals surface area contributed by atoms with Crippen LogP contribution in [0.1, 0.15) is 114 Å². The first-order valence-corrected chi connectivity index (χ1v) is 12.0. The Balaban J connectivity index is 2.10. The fraction of sp³-hybridized carbons (Fsp3) is 0.720. The Labute approximate surface area is 179 Å². The molecule has 160 valence electrons. The smallest absolute Gasteiger partial charge is 0.122 e. The van der Waals surface area contributed by atoms with Gasteiger partial charge in [-0.15, -0.1) is 0 Å². The van der Waals surface area contributed by atoms with Gasteiger partial charge in [0.05, 0.1) is 7.11 Å². The van der Waals surface area contributed by atoms with Gasteiger partial charge in [-0.1, -0.05) is 103 Å². The zero-order valence-corrected chi connectivity index (χ0v) is 19.5. The third kappa shape index (κ3) is 9.91.